The Morgan fingerprint density at radius 2 is 2.29 bits per heavy atom. The van der Waals surface area contributed by atoms with E-state index in [9.17, 15) is 0 Å². The molecule has 0 amide bonds. The third kappa shape index (κ3) is 3.18. The summed E-state index contributed by atoms with van der Waals surface area (Å²) in [5.74, 6) is 1.65. The number of hydrogen-bond donors (Lipinski definition) is 1. The second kappa shape index (κ2) is 5.33. The summed E-state index contributed by atoms with van der Waals surface area (Å²) in [5.41, 5.74) is 0.966. The van der Waals surface area contributed by atoms with Gasteiger partial charge >= 0.3 is 0 Å². The first-order valence-corrected chi connectivity index (χ1v) is 7.13. The summed E-state index contributed by atoms with van der Waals surface area (Å²) in [6, 6.07) is 2.44. The summed E-state index contributed by atoms with van der Waals surface area (Å²) in [7, 11) is 0. The molecule has 2 heterocycles. The molecule has 92 valence electrons. The lowest BCUT2D eigenvalue weighted by atomic mass is 10.3. The second-order valence-corrected chi connectivity index (χ2v) is 5.88. The fraction of sp³-hybridized carbons (Fsp3) is 0.417. The van der Waals surface area contributed by atoms with Crippen LogP contribution in [0, 0.1) is 13.8 Å². The highest BCUT2D eigenvalue weighted by molar-refractivity contribution is 9.10. The molecule has 3 nitrogen and oxygen atoms in total. The molecule has 1 atom stereocenters. The van der Waals surface area contributed by atoms with Crippen molar-refractivity contribution in [2.24, 2.45) is 0 Å². The van der Waals surface area contributed by atoms with Crippen molar-refractivity contribution in [1.29, 1.82) is 0 Å². The minimum atomic E-state index is 0.304. The molecule has 0 aliphatic carbocycles. The van der Waals surface area contributed by atoms with E-state index in [1.807, 2.05) is 13.8 Å². The summed E-state index contributed by atoms with van der Waals surface area (Å²) in [6.45, 7) is 6.69. The molecule has 0 spiro atoms. The predicted octanol–water partition coefficient (Wildman–Crippen LogP) is 3.97. The lowest BCUT2D eigenvalue weighted by molar-refractivity contribution is 0.433. The van der Waals surface area contributed by atoms with E-state index in [1.165, 1.54) is 4.88 Å². The number of nitrogens with one attached hydrogen (secondary N) is 1. The van der Waals surface area contributed by atoms with E-state index in [2.05, 4.69) is 44.6 Å². The molecule has 0 bridgehead atoms. The molecule has 0 saturated heterocycles. The molecule has 2 rings (SSSR count). The van der Waals surface area contributed by atoms with Crippen LogP contribution in [0.2, 0.25) is 0 Å². The van der Waals surface area contributed by atoms with E-state index >= 15 is 0 Å². The summed E-state index contributed by atoms with van der Waals surface area (Å²) in [5, 5.41) is 5.49. The number of oxazole rings is 1. The van der Waals surface area contributed by atoms with Crippen LogP contribution in [0.3, 0.4) is 0 Å². The molecular weight excluding hydrogens is 300 g/mol. The molecule has 0 aliphatic rings. The highest BCUT2D eigenvalue weighted by atomic mass is 79.9. The van der Waals surface area contributed by atoms with Crippen LogP contribution in [0.15, 0.2) is 20.3 Å². The number of hydrogen-bond acceptors (Lipinski definition) is 4. The van der Waals surface area contributed by atoms with Crippen LogP contribution in [-0.4, -0.2) is 4.98 Å². The van der Waals surface area contributed by atoms with Gasteiger partial charge in [-0.25, -0.2) is 4.98 Å². The minimum Gasteiger partial charge on any atom is -0.444 e. The van der Waals surface area contributed by atoms with Crippen LogP contribution in [0.4, 0.5) is 0 Å². The van der Waals surface area contributed by atoms with Gasteiger partial charge in [0.05, 0.1) is 12.2 Å². The molecular formula is C12H15BrN2OS. The number of nitrogens with zero attached hydrogens (tertiary/aromatic N) is 1. The first-order valence-electron chi connectivity index (χ1n) is 5.46. The number of aromatic nitrogens is 1. The van der Waals surface area contributed by atoms with E-state index in [-0.39, 0.29) is 0 Å². The Kier molecular flexibility index (Phi) is 4.01. The van der Waals surface area contributed by atoms with E-state index < -0.39 is 0 Å². The molecule has 2 aromatic rings. The number of aryl methyl sites for hydroxylation is 2. The first-order chi connectivity index (χ1) is 8.06. The second-order valence-electron chi connectivity index (χ2n) is 4.02. The zero-order valence-corrected chi connectivity index (χ0v) is 12.5. The van der Waals surface area contributed by atoms with Gasteiger partial charge in [-0.2, -0.15) is 0 Å². The first kappa shape index (κ1) is 12.8. The van der Waals surface area contributed by atoms with Crippen LogP contribution in [0.5, 0.6) is 0 Å². The Morgan fingerprint density at radius 1 is 1.53 bits per heavy atom. The monoisotopic (exact) mass is 314 g/mol. The van der Waals surface area contributed by atoms with Crippen molar-refractivity contribution in [2.75, 3.05) is 0 Å². The van der Waals surface area contributed by atoms with Gasteiger partial charge in [0.25, 0.3) is 0 Å². The quantitative estimate of drug-likeness (QED) is 0.928. The Labute approximate surface area is 113 Å². The molecule has 0 radical (unpaired) electrons. The maximum absolute atomic E-state index is 5.53. The van der Waals surface area contributed by atoms with Gasteiger partial charge in [-0.3, -0.25) is 0 Å². The molecule has 0 aromatic carbocycles. The molecule has 0 saturated carbocycles. The Morgan fingerprint density at radius 3 is 2.82 bits per heavy atom. The van der Waals surface area contributed by atoms with Crippen molar-refractivity contribution < 1.29 is 4.42 Å². The maximum Gasteiger partial charge on any atom is 0.208 e. The van der Waals surface area contributed by atoms with Crippen molar-refractivity contribution in [2.45, 2.75) is 33.4 Å². The normalized spacial score (nSPS) is 12.9. The summed E-state index contributed by atoms with van der Waals surface area (Å²) >= 11 is 5.20. The van der Waals surface area contributed by atoms with E-state index in [0.717, 1.165) is 21.8 Å². The minimum absolute atomic E-state index is 0.304. The molecule has 5 heteroatoms. The fourth-order valence-corrected chi connectivity index (χ4v) is 2.99. The van der Waals surface area contributed by atoms with Crippen LogP contribution < -0.4 is 5.32 Å². The lowest BCUT2D eigenvalue weighted by Gasteiger charge is -2.09. The van der Waals surface area contributed by atoms with Crippen molar-refractivity contribution in [1.82, 2.24) is 10.3 Å². The third-order valence-electron chi connectivity index (χ3n) is 2.65. The largest absolute Gasteiger partial charge is 0.444 e. The van der Waals surface area contributed by atoms with Crippen molar-refractivity contribution in [3.63, 3.8) is 0 Å². The van der Waals surface area contributed by atoms with Crippen molar-refractivity contribution in [3.8, 4) is 0 Å². The zero-order chi connectivity index (χ0) is 12.4. The Hall–Kier alpha value is -0.650. The summed E-state index contributed by atoms with van der Waals surface area (Å²) in [4.78, 5) is 5.65. The highest BCUT2D eigenvalue weighted by Gasteiger charge is 2.10. The standard InChI is InChI=1S/C12H15BrN2OS/c1-7-9(3)16-12(15-7)5-14-8(2)11-4-10(13)6-17-11/h4,6,8,14H,5H2,1-3H3. The van der Waals surface area contributed by atoms with Gasteiger partial charge in [0.15, 0.2) is 0 Å². The summed E-state index contributed by atoms with van der Waals surface area (Å²) < 4.78 is 6.66. The Bertz CT molecular complexity index is 487. The average Bonchev–Trinajstić information content (AvgIpc) is 2.83. The Balaban J connectivity index is 1.94. The van der Waals surface area contributed by atoms with Gasteiger partial charge in [-0.05, 0) is 42.8 Å². The number of halogens is 1. The molecule has 1 N–H and O–H groups in total. The third-order valence-corrected chi connectivity index (χ3v) is 4.52. The lowest BCUT2D eigenvalue weighted by Crippen LogP contribution is -2.17. The number of rotatable bonds is 4. The van der Waals surface area contributed by atoms with E-state index in [0.29, 0.717) is 12.6 Å². The maximum atomic E-state index is 5.53. The van der Waals surface area contributed by atoms with Gasteiger partial charge < -0.3 is 9.73 Å². The topological polar surface area (TPSA) is 38.1 Å². The van der Waals surface area contributed by atoms with Gasteiger partial charge in [0.2, 0.25) is 5.89 Å². The van der Waals surface area contributed by atoms with E-state index in [4.69, 9.17) is 4.42 Å². The predicted molar refractivity (Wildman–Crippen MR) is 73.3 cm³/mol. The highest BCUT2D eigenvalue weighted by Crippen LogP contribution is 2.25. The van der Waals surface area contributed by atoms with E-state index in [1.54, 1.807) is 11.3 Å². The van der Waals surface area contributed by atoms with Crippen molar-refractivity contribution in [3.05, 3.63) is 38.1 Å². The number of thiophene rings is 1. The smallest absolute Gasteiger partial charge is 0.208 e. The van der Waals surface area contributed by atoms with Crippen LogP contribution >= 0.6 is 27.3 Å². The summed E-state index contributed by atoms with van der Waals surface area (Å²) in [6.07, 6.45) is 0. The van der Waals surface area contributed by atoms with Crippen LogP contribution in [-0.2, 0) is 6.54 Å². The van der Waals surface area contributed by atoms with Gasteiger partial charge in [-0.1, -0.05) is 0 Å². The van der Waals surface area contributed by atoms with Crippen molar-refractivity contribution >= 4 is 27.3 Å². The fourth-order valence-electron chi connectivity index (χ4n) is 1.51. The average molecular weight is 315 g/mol. The van der Waals surface area contributed by atoms with Gasteiger partial charge in [0.1, 0.15) is 5.76 Å². The molecule has 1 unspecified atom stereocenters. The zero-order valence-electron chi connectivity index (χ0n) is 10.1. The SMILES string of the molecule is Cc1nc(CNC(C)c2cc(Br)cs2)oc1C. The molecule has 17 heavy (non-hydrogen) atoms. The van der Waals surface area contributed by atoms with Crippen LogP contribution in [0.1, 0.15) is 35.2 Å². The van der Waals surface area contributed by atoms with Gasteiger partial charge in [0, 0.05) is 20.8 Å². The molecule has 2 aromatic heterocycles. The van der Waals surface area contributed by atoms with Crippen LogP contribution in [0.25, 0.3) is 0 Å². The molecule has 0 aliphatic heterocycles. The molecule has 0 fully saturated rings. The van der Waals surface area contributed by atoms with Gasteiger partial charge in [-0.15, -0.1) is 11.3 Å².